The van der Waals surface area contributed by atoms with Gasteiger partial charge in [-0.25, -0.2) is 4.79 Å². The summed E-state index contributed by atoms with van der Waals surface area (Å²) in [5.74, 6) is -3.15. The maximum Gasteiger partial charge on any atom is 0.378 e. The van der Waals surface area contributed by atoms with E-state index in [0.717, 1.165) is 12.5 Å². The predicted octanol–water partition coefficient (Wildman–Crippen LogP) is 1.39. The number of aliphatic hydroxyl groups excluding tert-OH is 1. The first kappa shape index (κ1) is 18.3. The van der Waals surface area contributed by atoms with Crippen LogP contribution in [0.1, 0.15) is 19.4 Å². The Morgan fingerprint density at radius 3 is 2.48 bits per heavy atom. The molecule has 2 rings (SSSR count). The Morgan fingerprint density at radius 2 is 1.88 bits per heavy atom. The molecule has 0 saturated carbocycles. The molecule has 1 aromatic carbocycles. The highest BCUT2D eigenvalue weighted by Gasteiger charge is 2.43. The van der Waals surface area contributed by atoms with E-state index in [4.69, 9.17) is 18.9 Å². The first-order chi connectivity index (χ1) is 11.9. The molecule has 0 saturated heterocycles. The molecule has 25 heavy (non-hydrogen) atoms. The molecule has 0 radical (unpaired) electrons. The van der Waals surface area contributed by atoms with Gasteiger partial charge >= 0.3 is 17.9 Å². The van der Waals surface area contributed by atoms with Gasteiger partial charge in [-0.2, -0.15) is 0 Å². The van der Waals surface area contributed by atoms with Gasteiger partial charge in [0.2, 0.25) is 11.9 Å². The molecule has 0 aliphatic carbocycles. The molecule has 134 valence electrons. The molecular formula is C17H18O8. The molecule has 2 atom stereocenters. The lowest BCUT2D eigenvalue weighted by Crippen LogP contribution is -2.37. The minimum Gasteiger partial charge on any atom is -0.499 e. The van der Waals surface area contributed by atoms with Gasteiger partial charge in [0.1, 0.15) is 13.2 Å². The minimum atomic E-state index is -1.21. The van der Waals surface area contributed by atoms with E-state index < -0.39 is 35.9 Å². The fourth-order valence-electron chi connectivity index (χ4n) is 2.19. The first-order valence-corrected chi connectivity index (χ1v) is 7.50. The Labute approximate surface area is 143 Å². The first-order valence-electron chi connectivity index (χ1n) is 7.50. The van der Waals surface area contributed by atoms with Crippen LogP contribution in [0.2, 0.25) is 0 Å². The van der Waals surface area contributed by atoms with Gasteiger partial charge in [0.15, 0.2) is 11.9 Å². The molecule has 1 heterocycles. The maximum atomic E-state index is 11.7. The Balaban J connectivity index is 2.16. The number of benzene rings is 1. The van der Waals surface area contributed by atoms with Crippen LogP contribution in [-0.2, 0) is 39.9 Å². The molecule has 1 aromatic rings. The molecule has 1 unspecified atom stereocenters. The van der Waals surface area contributed by atoms with E-state index in [0.29, 0.717) is 0 Å². The zero-order valence-electron chi connectivity index (χ0n) is 13.8. The number of hydrogen-bond donors (Lipinski definition) is 1. The normalized spacial score (nSPS) is 17.7. The lowest BCUT2D eigenvalue weighted by molar-refractivity contribution is -0.169. The molecule has 8 heteroatoms. The van der Waals surface area contributed by atoms with E-state index in [-0.39, 0.29) is 19.0 Å². The van der Waals surface area contributed by atoms with E-state index in [1.165, 1.54) is 6.92 Å². The van der Waals surface area contributed by atoms with Crippen LogP contribution >= 0.6 is 0 Å². The van der Waals surface area contributed by atoms with Crippen LogP contribution in [0.4, 0.5) is 0 Å². The van der Waals surface area contributed by atoms with Crippen molar-refractivity contribution in [1.29, 1.82) is 0 Å². The SMILES string of the molecule is CC(=O)OC[C@H](OC(C)=O)C1OC(=O)C(O)=C1OCc1ccccc1. The third kappa shape index (κ3) is 4.97. The number of carbonyl (C=O) groups is 3. The van der Waals surface area contributed by atoms with E-state index >= 15 is 0 Å². The van der Waals surface area contributed by atoms with Crippen molar-refractivity contribution < 1.29 is 38.4 Å². The zero-order chi connectivity index (χ0) is 18.4. The monoisotopic (exact) mass is 350 g/mol. The van der Waals surface area contributed by atoms with Crippen molar-refractivity contribution in [2.75, 3.05) is 6.61 Å². The van der Waals surface area contributed by atoms with Crippen molar-refractivity contribution in [3.05, 3.63) is 47.4 Å². The minimum absolute atomic E-state index is 0.0632. The standard InChI is InChI=1S/C17H18O8/c1-10(18)22-9-13(24-11(2)19)15-16(14(20)17(21)25-15)23-8-12-6-4-3-5-7-12/h3-7,13,15,20H,8-9H2,1-2H3/t13-,15?/m0/s1. The van der Waals surface area contributed by atoms with Crippen LogP contribution in [0, 0.1) is 0 Å². The number of carbonyl (C=O) groups excluding carboxylic acids is 3. The fourth-order valence-corrected chi connectivity index (χ4v) is 2.19. The van der Waals surface area contributed by atoms with Crippen LogP contribution in [0.15, 0.2) is 41.9 Å². The largest absolute Gasteiger partial charge is 0.499 e. The highest BCUT2D eigenvalue weighted by Crippen LogP contribution is 2.27. The lowest BCUT2D eigenvalue weighted by atomic mass is 10.1. The summed E-state index contributed by atoms with van der Waals surface area (Å²) < 4.78 is 20.4. The second kappa shape index (κ2) is 8.18. The number of rotatable bonds is 7. The fraction of sp³-hybridized carbons (Fsp3) is 0.353. The average Bonchev–Trinajstić information content (AvgIpc) is 2.85. The molecule has 0 bridgehead atoms. The smallest absolute Gasteiger partial charge is 0.378 e. The summed E-state index contributed by atoms with van der Waals surface area (Å²) in [7, 11) is 0. The maximum absolute atomic E-state index is 11.7. The van der Waals surface area contributed by atoms with Gasteiger partial charge in [-0.15, -0.1) is 0 Å². The number of cyclic esters (lactones) is 1. The number of esters is 3. The average molecular weight is 350 g/mol. The van der Waals surface area contributed by atoms with Crippen LogP contribution in [0.3, 0.4) is 0 Å². The predicted molar refractivity (Wildman–Crippen MR) is 83.0 cm³/mol. The van der Waals surface area contributed by atoms with Crippen molar-refractivity contribution >= 4 is 17.9 Å². The summed E-state index contributed by atoms with van der Waals surface area (Å²) in [4.78, 5) is 34.0. The molecule has 0 aromatic heterocycles. The second-order valence-electron chi connectivity index (χ2n) is 5.26. The molecule has 1 aliphatic heterocycles. The molecule has 1 N–H and O–H groups in total. The van der Waals surface area contributed by atoms with Crippen molar-refractivity contribution in [3.8, 4) is 0 Å². The van der Waals surface area contributed by atoms with Crippen molar-refractivity contribution in [2.45, 2.75) is 32.7 Å². The summed E-state index contributed by atoms with van der Waals surface area (Å²) in [5, 5.41) is 9.90. The van der Waals surface area contributed by atoms with Crippen LogP contribution in [0.25, 0.3) is 0 Å². The third-order valence-electron chi connectivity index (χ3n) is 3.26. The third-order valence-corrected chi connectivity index (χ3v) is 3.26. The van der Waals surface area contributed by atoms with Crippen molar-refractivity contribution in [3.63, 3.8) is 0 Å². The molecular weight excluding hydrogens is 332 g/mol. The van der Waals surface area contributed by atoms with Gasteiger partial charge in [-0.3, -0.25) is 9.59 Å². The molecule has 8 nitrogen and oxygen atoms in total. The number of ether oxygens (including phenoxy) is 4. The van der Waals surface area contributed by atoms with E-state index in [1.807, 2.05) is 18.2 Å². The van der Waals surface area contributed by atoms with E-state index in [1.54, 1.807) is 12.1 Å². The highest BCUT2D eigenvalue weighted by molar-refractivity contribution is 5.89. The Bertz CT molecular complexity index is 679. The molecule has 0 amide bonds. The van der Waals surface area contributed by atoms with Gasteiger partial charge in [0.25, 0.3) is 0 Å². The summed E-state index contributed by atoms with van der Waals surface area (Å²) in [6, 6.07) is 9.05. The topological polar surface area (TPSA) is 108 Å². The van der Waals surface area contributed by atoms with Crippen LogP contribution < -0.4 is 0 Å². The Hall–Kier alpha value is -3.03. The van der Waals surface area contributed by atoms with Gasteiger partial charge in [-0.1, -0.05) is 30.3 Å². The summed E-state index contributed by atoms with van der Waals surface area (Å²) >= 11 is 0. The zero-order valence-corrected chi connectivity index (χ0v) is 13.8. The van der Waals surface area contributed by atoms with Crippen molar-refractivity contribution in [2.24, 2.45) is 0 Å². The summed E-state index contributed by atoms with van der Waals surface area (Å²) in [6.45, 7) is 2.06. The quantitative estimate of drug-likeness (QED) is 0.580. The molecule has 0 fully saturated rings. The van der Waals surface area contributed by atoms with E-state index in [2.05, 4.69) is 0 Å². The summed E-state index contributed by atoms with van der Waals surface area (Å²) in [5.41, 5.74) is 0.796. The van der Waals surface area contributed by atoms with Gasteiger partial charge < -0.3 is 24.1 Å². The molecule has 0 spiro atoms. The second-order valence-corrected chi connectivity index (χ2v) is 5.26. The number of aliphatic hydroxyl groups is 1. The number of hydrogen-bond acceptors (Lipinski definition) is 8. The van der Waals surface area contributed by atoms with Crippen molar-refractivity contribution in [1.82, 2.24) is 0 Å². The van der Waals surface area contributed by atoms with Crippen LogP contribution in [0.5, 0.6) is 0 Å². The van der Waals surface area contributed by atoms with Gasteiger partial charge in [-0.05, 0) is 5.56 Å². The van der Waals surface area contributed by atoms with E-state index in [9.17, 15) is 19.5 Å². The Morgan fingerprint density at radius 1 is 1.20 bits per heavy atom. The van der Waals surface area contributed by atoms with Gasteiger partial charge in [0, 0.05) is 13.8 Å². The van der Waals surface area contributed by atoms with Crippen LogP contribution in [-0.4, -0.2) is 41.8 Å². The van der Waals surface area contributed by atoms with Gasteiger partial charge in [0.05, 0.1) is 0 Å². The Kier molecular flexibility index (Phi) is 5.99. The lowest BCUT2D eigenvalue weighted by Gasteiger charge is -2.23. The molecule has 1 aliphatic rings. The highest BCUT2D eigenvalue weighted by atomic mass is 16.6. The summed E-state index contributed by atoms with van der Waals surface area (Å²) in [6.07, 6.45) is -2.35.